The van der Waals surface area contributed by atoms with Crippen LogP contribution in [0.25, 0.3) is 0 Å². The number of nitrogens with one attached hydrogen (secondary N) is 1. The third-order valence-electron chi connectivity index (χ3n) is 2.91. The number of hydrogen-bond donors (Lipinski definition) is 1. The average Bonchev–Trinajstić information content (AvgIpc) is 2.39. The molecular formula is C13H19NO2S. The van der Waals surface area contributed by atoms with Gasteiger partial charge in [-0.1, -0.05) is 13.0 Å². The summed E-state index contributed by atoms with van der Waals surface area (Å²) in [4.78, 5) is 0. The molecule has 1 aromatic carbocycles. The fourth-order valence-corrected chi connectivity index (χ4v) is 3.11. The highest BCUT2D eigenvalue weighted by atomic mass is 32.2. The minimum Gasteiger partial charge on any atom is -0.493 e. The quantitative estimate of drug-likeness (QED) is 0.897. The molecule has 1 heterocycles. The molecule has 1 N–H and O–H groups in total. The first-order chi connectivity index (χ1) is 8.24. The summed E-state index contributed by atoms with van der Waals surface area (Å²) in [7, 11) is 3.33. The second-order valence-corrected chi connectivity index (χ2v) is 5.48. The fourth-order valence-electron chi connectivity index (χ4n) is 1.92. The van der Waals surface area contributed by atoms with Crippen molar-refractivity contribution in [3.05, 3.63) is 23.8 Å². The Morgan fingerprint density at radius 3 is 2.59 bits per heavy atom. The molecule has 3 nitrogen and oxygen atoms in total. The van der Waals surface area contributed by atoms with Crippen molar-refractivity contribution in [3.8, 4) is 11.5 Å². The first kappa shape index (κ1) is 12.6. The summed E-state index contributed by atoms with van der Waals surface area (Å²) >= 11 is 1.95. The van der Waals surface area contributed by atoms with Gasteiger partial charge in [0.2, 0.25) is 0 Å². The smallest absolute Gasteiger partial charge is 0.161 e. The second-order valence-electron chi connectivity index (χ2n) is 4.34. The van der Waals surface area contributed by atoms with Crippen molar-refractivity contribution >= 4 is 11.8 Å². The number of benzene rings is 1. The van der Waals surface area contributed by atoms with E-state index in [1.165, 1.54) is 11.3 Å². The lowest BCUT2D eigenvalue weighted by Crippen LogP contribution is -2.31. The van der Waals surface area contributed by atoms with E-state index in [-0.39, 0.29) is 0 Å². The molecule has 2 unspecified atom stereocenters. The number of thioether (sulfide) groups is 1. The molecule has 0 saturated carbocycles. The van der Waals surface area contributed by atoms with E-state index in [1.54, 1.807) is 14.2 Å². The van der Waals surface area contributed by atoms with E-state index in [0.717, 1.165) is 24.0 Å². The predicted molar refractivity (Wildman–Crippen MR) is 71.9 cm³/mol. The van der Waals surface area contributed by atoms with Crippen LogP contribution in [0.15, 0.2) is 18.2 Å². The standard InChI is InChI=1S/C13H19NO2S/c1-9-7-14-13(17-8-9)10-4-5-11(15-2)12(6-10)16-3/h4-6,9,13-14H,7-8H2,1-3H3. The summed E-state index contributed by atoms with van der Waals surface area (Å²) in [6, 6.07) is 6.12. The maximum absolute atomic E-state index is 5.33. The highest BCUT2D eigenvalue weighted by Crippen LogP contribution is 2.36. The average molecular weight is 253 g/mol. The minimum atomic E-state index is 0.367. The van der Waals surface area contributed by atoms with Crippen LogP contribution >= 0.6 is 11.8 Å². The lowest BCUT2D eigenvalue weighted by molar-refractivity contribution is 0.354. The molecule has 17 heavy (non-hydrogen) atoms. The summed E-state index contributed by atoms with van der Waals surface area (Å²) in [5.41, 5.74) is 1.25. The van der Waals surface area contributed by atoms with Crippen LogP contribution in [0, 0.1) is 5.92 Å². The molecule has 1 aromatic rings. The number of methoxy groups -OCH3 is 2. The van der Waals surface area contributed by atoms with Gasteiger partial charge in [-0.2, -0.15) is 0 Å². The molecule has 0 amide bonds. The first-order valence-electron chi connectivity index (χ1n) is 5.81. The maximum Gasteiger partial charge on any atom is 0.161 e. The molecule has 1 fully saturated rings. The molecule has 0 bridgehead atoms. The van der Waals surface area contributed by atoms with Crippen LogP contribution < -0.4 is 14.8 Å². The number of rotatable bonds is 3. The summed E-state index contributed by atoms with van der Waals surface area (Å²) in [5, 5.41) is 3.91. The zero-order valence-electron chi connectivity index (χ0n) is 10.5. The van der Waals surface area contributed by atoms with Crippen LogP contribution in [0.2, 0.25) is 0 Å². The molecule has 4 heteroatoms. The Hall–Kier alpha value is -0.870. The SMILES string of the molecule is COc1ccc(C2NCC(C)CS2)cc1OC. The summed E-state index contributed by atoms with van der Waals surface area (Å²) in [6.45, 7) is 3.34. The third-order valence-corrected chi connectivity index (χ3v) is 4.44. The van der Waals surface area contributed by atoms with E-state index in [0.29, 0.717) is 5.37 Å². The van der Waals surface area contributed by atoms with E-state index < -0.39 is 0 Å². The van der Waals surface area contributed by atoms with E-state index in [9.17, 15) is 0 Å². The van der Waals surface area contributed by atoms with E-state index >= 15 is 0 Å². The predicted octanol–water partition coefficient (Wildman–Crippen LogP) is 2.67. The summed E-state index contributed by atoms with van der Waals surface area (Å²) in [6.07, 6.45) is 0. The minimum absolute atomic E-state index is 0.367. The molecule has 2 rings (SSSR count). The van der Waals surface area contributed by atoms with Gasteiger partial charge in [-0.15, -0.1) is 11.8 Å². The fraction of sp³-hybridized carbons (Fsp3) is 0.538. The molecule has 1 aliphatic heterocycles. The second kappa shape index (κ2) is 5.65. The van der Waals surface area contributed by atoms with Crippen molar-refractivity contribution in [1.82, 2.24) is 5.32 Å². The molecule has 0 radical (unpaired) electrons. The van der Waals surface area contributed by atoms with Gasteiger partial charge in [0.05, 0.1) is 19.6 Å². The Bertz CT molecular complexity index is 376. The largest absolute Gasteiger partial charge is 0.493 e. The van der Waals surface area contributed by atoms with Crippen molar-refractivity contribution in [1.29, 1.82) is 0 Å². The molecule has 94 valence electrons. The Morgan fingerprint density at radius 2 is 2.00 bits per heavy atom. The summed E-state index contributed by atoms with van der Waals surface area (Å²) < 4.78 is 10.6. The maximum atomic E-state index is 5.33. The topological polar surface area (TPSA) is 30.5 Å². The molecule has 1 saturated heterocycles. The van der Waals surface area contributed by atoms with Crippen LogP contribution in [0.1, 0.15) is 17.9 Å². The number of hydrogen-bond acceptors (Lipinski definition) is 4. The van der Waals surface area contributed by atoms with E-state index in [1.807, 2.05) is 17.8 Å². The molecule has 2 atom stereocenters. The van der Waals surface area contributed by atoms with Gasteiger partial charge >= 0.3 is 0 Å². The van der Waals surface area contributed by atoms with E-state index in [2.05, 4.69) is 24.4 Å². The Kier molecular flexibility index (Phi) is 4.18. The molecule has 0 spiro atoms. The zero-order chi connectivity index (χ0) is 12.3. The molecule has 0 aliphatic carbocycles. The van der Waals surface area contributed by atoms with Gasteiger partial charge in [0.15, 0.2) is 11.5 Å². The highest BCUT2D eigenvalue weighted by molar-refractivity contribution is 7.99. The van der Waals surface area contributed by atoms with E-state index in [4.69, 9.17) is 9.47 Å². The Labute approximate surface area is 107 Å². The van der Waals surface area contributed by atoms with Crippen molar-refractivity contribution < 1.29 is 9.47 Å². The lowest BCUT2D eigenvalue weighted by Gasteiger charge is -2.28. The third kappa shape index (κ3) is 2.87. The van der Waals surface area contributed by atoms with Gasteiger partial charge in [-0.25, -0.2) is 0 Å². The van der Waals surface area contributed by atoms with Gasteiger partial charge < -0.3 is 14.8 Å². The highest BCUT2D eigenvalue weighted by Gasteiger charge is 2.20. The van der Waals surface area contributed by atoms with Gasteiger partial charge in [-0.3, -0.25) is 0 Å². The monoisotopic (exact) mass is 253 g/mol. The van der Waals surface area contributed by atoms with Crippen molar-refractivity contribution in [2.45, 2.75) is 12.3 Å². The Balaban J connectivity index is 2.16. The van der Waals surface area contributed by atoms with Crippen LogP contribution in [0.4, 0.5) is 0 Å². The van der Waals surface area contributed by atoms with Gasteiger partial charge in [0, 0.05) is 0 Å². The molecular weight excluding hydrogens is 234 g/mol. The van der Waals surface area contributed by atoms with Crippen LogP contribution in [-0.4, -0.2) is 26.5 Å². The van der Waals surface area contributed by atoms with Crippen molar-refractivity contribution in [2.75, 3.05) is 26.5 Å². The van der Waals surface area contributed by atoms with Gasteiger partial charge in [-0.05, 0) is 35.9 Å². The Morgan fingerprint density at radius 1 is 1.24 bits per heavy atom. The summed E-state index contributed by atoms with van der Waals surface area (Å²) in [5.74, 6) is 3.53. The van der Waals surface area contributed by atoms with Crippen LogP contribution in [0.5, 0.6) is 11.5 Å². The first-order valence-corrected chi connectivity index (χ1v) is 6.86. The van der Waals surface area contributed by atoms with Gasteiger partial charge in [0.25, 0.3) is 0 Å². The number of ether oxygens (including phenoxy) is 2. The van der Waals surface area contributed by atoms with Gasteiger partial charge in [0.1, 0.15) is 0 Å². The molecule has 1 aliphatic rings. The normalized spacial score (nSPS) is 24.4. The van der Waals surface area contributed by atoms with Crippen molar-refractivity contribution in [3.63, 3.8) is 0 Å². The van der Waals surface area contributed by atoms with Crippen LogP contribution in [0.3, 0.4) is 0 Å². The van der Waals surface area contributed by atoms with Crippen molar-refractivity contribution in [2.24, 2.45) is 5.92 Å². The lowest BCUT2D eigenvalue weighted by atomic mass is 10.1. The van der Waals surface area contributed by atoms with Crippen LogP contribution in [-0.2, 0) is 0 Å². The molecule has 0 aromatic heterocycles. The zero-order valence-corrected chi connectivity index (χ0v) is 11.3.